The van der Waals surface area contributed by atoms with Crippen molar-refractivity contribution in [2.75, 3.05) is 0 Å². The summed E-state index contributed by atoms with van der Waals surface area (Å²) in [4.78, 5) is 0. The minimum absolute atomic E-state index is 0.133. The van der Waals surface area contributed by atoms with E-state index in [0.717, 1.165) is 19.1 Å². The highest BCUT2D eigenvalue weighted by Crippen LogP contribution is 2.32. The number of benzene rings is 1. The summed E-state index contributed by atoms with van der Waals surface area (Å²) >= 11 is 0. The molecule has 0 bridgehead atoms. The number of rotatable bonds is 3. The minimum Gasteiger partial charge on any atom is -0.255 e. The number of hydrogen-bond donors (Lipinski definition) is 0. The van der Waals surface area contributed by atoms with Gasteiger partial charge in [0.05, 0.1) is 11.7 Å². The molecule has 0 heterocycles. The molecule has 1 atom stereocenters. The Morgan fingerprint density at radius 2 is 1.45 bits per heavy atom. The maximum absolute atomic E-state index is 12.3. The third-order valence-electron chi connectivity index (χ3n) is 2.26. The highest BCUT2D eigenvalue weighted by Gasteiger charge is 2.48. The van der Waals surface area contributed by atoms with Crippen LogP contribution in [0.1, 0.15) is 24.2 Å². The Morgan fingerprint density at radius 1 is 1.00 bits per heavy atom. The van der Waals surface area contributed by atoms with Crippen LogP contribution in [-0.2, 0) is 20.5 Å². The van der Waals surface area contributed by atoms with E-state index in [0.29, 0.717) is 12.1 Å². The van der Waals surface area contributed by atoms with E-state index in [-0.39, 0.29) is 5.56 Å². The van der Waals surface area contributed by atoms with Crippen molar-refractivity contribution in [1.29, 1.82) is 0 Å². The van der Waals surface area contributed by atoms with Gasteiger partial charge in [-0.2, -0.15) is 34.8 Å². The predicted molar refractivity (Wildman–Crippen MR) is 55.9 cm³/mol. The van der Waals surface area contributed by atoms with Gasteiger partial charge in [-0.1, -0.05) is 12.1 Å². The van der Waals surface area contributed by atoms with Crippen LogP contribution in [0, 0.1) is 0 Å². The SMILES string of the molecule is CC(OS(=O)(=O)C(F)(F)F)c1ccc(C(F)(F)F)cc1. The average molecular weight is 322 g/mol. The second kappa shape index (κ2) is 5.24. The van der Waals surface area contributed by atoms with Gasteiger partial charge < -0.3 is 0 Å². The zero-order chi connectivity index (χ0) is 15.8. The van der Waals surface area contributed by atoms with Gasteiger partial charge in [-0.25, -0.2) is 0 Å². The lowest BCUT2D eigenvalue weighted by Gasteiger charge is -2.15. The Morgan fingerprint density at radius 3 is 1.80 bits per heavy atom. The first kappa shape index (κ1) is 16.8. The van der Waals surface area contributed by atoms with Gasteiger partial charge >= 0.3 is 21.8 Å². The van der Waals surface area contributed by atoms with Crippen LogP contribution in [0.3, 0.4) is 0 Å². The molecule has 0 aliphatic rings. The van der Waals surface area contributed by atoms with E-state index < -0.39 is 33.5 Å². The van der Waals surface area contributed by atoms with Crippen LogP contribution in [0.4, 0.5) is 26.3 Å². The standard InChI is InChI=1S/C10H8F6O3S/c1-6(19-20(17,18)10(14,15)16)7-2-4-8(5-3-7)9(11,12)13/h2-6H,1H3. The van der Waals surface area contributed by atoms with Crippen molar-refractivity contribution in [3.63, 3.8) is 0 Å². The Kier molecular flexibility index (Phi) is 4.39. The normalized spacial score (nSPS) is 15.2. The Labute approximate surface area is 110 Å². The third-order valence-corrected chi connectivity index (χ3v) is 3.37. The van der Waals surface area contributed by atoms with E-state index in [1.807, 2.05) is 0 Å². The molecule has 1 aromatic carbocycles. The lowest BCUT2D eigenvalue weighted by Crippen LogP contribution is -2.26. The highest BCUT2D eigenvalue weighted by molar-refractivity contribution is 7.87. The van der Waals surface area contributed by atoms with Crippen LogP contribution < -0.4 is 0 Å². The smallest absolute Gasteiger partial charge is 0.255 e. The summed E-state index contributed by atoms with van der Waals surface area (Å²) in [6, 6.07) is 2.93. The summed E-state index contributed by atoms with van der Waals surface area (Å²) in [6.45, 7) is 0.978. The Hall–Kier alpha value is -1.29. The van der Waals surface area contributed by atoms with Crippen molar-refractivity contribution < 1.29 is 38.9 Å². The molecule has 0 spiro atoms. The second-order valence-corrected chi connectivity index (χ2v) is 5.32. The molecule has 0 N–H and O–H groups in total. The molecule has 3 nitrogen and oxygen atoms in total. The van der Waals surface area contributed by atoms with Crippen molar-refractivity contribution >= 4 is 10.1 Å². The molecule has 10 heteroatoms. The van der Waals surface area contributed by atoms with Crippen molar-refractivity contribution in [3.8, 4) is 0 Å². The molecule has 0 aliphatic heterocycles. The number of alkyl halides is 6. The van der Waals surface area contributed by atoms with Crippen LogP contribution >= 0.6 is 0 Å². The second-order valence-electron chi connectivity index (χ2n) is 3.76. The third kappa shape index (κ3) is 3.85. The van der Waals surface area contributed by atoms with E-state index >= 15 is 0 Å². The molecule has 0 aliphatic carbocycles. The molecule has 0 amide bonds. The summed E-state index contributed by atoms with van der Waals surface area (Å²) in [6.07, 6.45) is -6.16. The molecule has 0 radical (unpaired) electrons. The molecular formula is C10H8F6O3S. The maximum Gasteiger partial charge on any atom is 0.523 e. The molecule has 20 heavy (non-hydrogen) atoms. The topological polar surface area (TPSA) is 43.4 Å². The fourth-order valence-electron chi connectivity index (χ4n) is 1.24. The zero-order valence-electron chi connectivity index (χ0n) is 9.79. The number of halogens is 6. The van der Waals surface area contributed by atoms with Crippen LogP contribution in [0.2, 0.25) is 0 Å². The fraction of sp³-hybridized carbons (Fsp3) is 0.400. The van der Waals surface area contributed by atoms with Crippen LogP contribution in [0.5, 0.6) is 0 Å². The average Bonchev–Trinajstić information content (AvgIpc) is 2.26. The summed E-state index contributed by atoms with van der Waals surface area (Å²) in [5.74, 6) is 0. The minimum atomic E-state index is -5.81. The first-order valence-corrected chi connectivity index (χ1v) is 6.42. The molecule has 0 saturated carbocycles. The van der Waals surface area contributed by atoms with Crippen LogP contribution in [-0.4, -0.2) is 13.9 Å². The van der Waals surface area contributed by atoms with E-state index in [1.165, 1.54) is 0 Å². The van der Waals surface area contributed by atoms with Gasteiger partial charge in [0.25, 0.3) is 0 Å². The molecular weight excluding hydrogens is 314 g/mol. The number of hydrogen-bond acceptors (Lipinski definition) is 3. The summed E-state index contributed by atoms with van der Waals surface area (Å²) in [5, 5.41) is 0. The summed E-state index contributed by atoms with van der Waals surface area (Å²) in [7, 11) is -5.81. The van der Waals surface area contributed by atoms with Gasteiger partial charge in [-0.05, 0) is 24.6 Å². The predicted octanol–water partition coefficient (Wildman–Crippen LogP) is 3.63. The Balaban J connectivity index is 2.92. The highest BCUT2D eigenvalue weighted by atomic mass is 32.2. The van der Waals surface area contributed by atoms with Gasteiger partial charge in [0.15, 0.2) is 0 Å². The van der Waals surface area contributed by atoms with E-state index in [4.69, 9.17) is 0 Å². The summed E-state index contributed by atoms with van der Waals surface area (Å²) in [5.41, 5.74) is -6.73. The quantitative estimate of drug-likeness (QED) is 0.485. The molecule has 1 unspecified atom stereocenters. The first-order chi connectivity index (χ1) is 8.84. The van der Waals surface area contributed by atoms with Gasteiger partial charge in [-0.15, -0.1) is 0 Å². The van der Waals surface area contributed by atoms with E-state index in [9.17, 15) is 34.8 Å². The Bertz CT molecular complexity index is 558. The van der Waals surface area contributed by atoms with Crippen molar-refractivity contribution in [2.45, 2.75) is 24.7 Å². The molecule has 0 fully saturated rings. The molecule has 1 aromatic rings. The van der Waals surface area contributed by atoms with Gasteiger partial charge in [0, 0.05) is 0 Å². The lowest BCUT2D eigenvalue weighted by molar-refractivity contribution is -0.137. The lowest BCUT2D eigenvalue weighted by atomic mass is 10.1. The van der Waals surface area contributed by atoms with E-state index in [1.54, 1.807) is 0 Å². The van der Waals surface area contributed by atoms with Gasteiger partial charge in [-0.3, -0.25) is 4.18 Å². The molecule has 0 aromatic heterocycles. The van der Waals surface area contributed by atoms with E-state index in [2.05, 4.69) is 4.18 Å². The van der Waals surface area contributed by atoms with Crippen LogP contribution in [0.15, 0.2) is 24.3 Å². The summed E-state index contributed by atoms with van der Waals surface area (Å²) < 4.78 is 98.4. The van der Waals surface area contributed by atoms with Crippen molar-refractivity contribution in [2.24, 2.45) is 0 Å². The maximum atomic E-state index is 12.3. The van der Waals surface area contributed by atoms with Crippen molar-refractivity contribution in [1.82, 2.24) is 0 Å². The van der Waals surface area contributed by atoms with Crippen LogP contribution in [0.25, 0.3) is 0 Å². The first-order valence-electron chi connectivity index (χ1n) is 5.01. The van der Waals surface area contributed by atoms with Gasteiger partial charge in [0.1, 0.15) is 0 Å². The monoisotopic (exact) mass is 322 g/mol. The largest absolute Gasteiger partial charge is 0.523 e. The molecule has 1 rings (SSSR count). The molecule has 0 saturated heterocycles. The van der Waals surface area contributed by atoms with Gasteiger partial charge in [0.2, 0.25) is 0 Å². The zero-order valence-corrected chi connectivity index (χ0v) is 10.6. The fourth-order valence-corrected chi connectivity index (χ4v) is 1.84. The van der Waals surface area contributed by atoms with Crippen molar-refractivity contribution in [3.05, 3.63) is 35.4 Å². The molecule has 114 valence electrons.